The van der Waals surface area contributed by atoms with E-state index >= 15 is 0 Å². The SMILES string of the molecule is COCCOCCNCc1ccc(C(N)=NO)cc1F. The Bertz CT molecular complexity index is 441. The molecule has 0 aliphatic rings. The molecule has 1 aromatic carbocycles. The summed E-state index contributed by atoms with van der Waals surface area (Å²) in [6, 6.07) is 4.44. The van der Waals surface area contributed by atoms with Crippen molar-refractivity contribution in [3.63, 3.8) is 0 Å². The number of amidine groups is 1. The number of hydrogen-bond acceptors (Lipinski definition) is 5. The fourth-order valence-electron chi connectivity index (χ4n) is 1.52. The Hall–Kier alpha value is -1.70. The molecule has 0 bridgehead atoms. The van der Waals surface area contributed by atoms with Gasteiger partial charge in [0.25, 0.3) is 0 Å². The molecule has 0 aliphatic heterocycles. The van der Waals surface area contributed by atoms with Crippen LogP contribution in [0.5, 0.6) is 0 Å². The molecule has 0 aromatic heterocycles. The normalized spacial score (nSPS) is 11.8. The Labute approximate surface area is 117 Å². The van der Waals surface area contributed by atoms with Gasteiger partial charge in [0.2, 0.25) is 0 Å². The molecule has 0 unspecified atom stereocenters. The Kier molecular flexibility index (Phi) is 7.56. The second-order valence-electron chi connectivity index (χ2n) is 4.07. The average Bonchev–Trinajstić information content (AvgIpc) is 2.46. The topological polar surface area (TPSA) is 89.1 Å². The lowest BCUT2D eigenvalue weighted by Crippen LogP contribution is -2.21. The van der Waals surface area contributed by atoms with Crippen molar-refractivity contribution >= 4 is 5.84 Å². The van der Waals surface area contributed by atoms with Gasteiger partial charge in [-0.25, -0.2) is 4.39 Å². The van der Waals surface area contributed by atoms with E-state index in [2.05, 4.69) is 10.5 Å². The average molecular weight is 285 g/mol. The number of nitrogens with two attached hydrogens (primary N) is 1. The molecule has 1 rings (SSSR count). The van der Waals surface area contributed by atoms with Gasteiger partial charge in [-0.05, 0) is 6.07 Å². The minimum absolute atomic E-state index is 0.116. The van der Waals surface area contributed by atoms with Gasteiger partial charge < -0.3 is 25.7 Å². The molecule has 0 saturated heterocycles. The molecule has 7 heteroatoms. The number of benzene rings is 1. The fraction of sp³-hybridized carbons (Fsp3) is 0.462. The first-order valence-corrected chi connectivity index (χ1v) is 6.22. The van der Waals surface area contributed by atoms with Crippen molar-refractivity contribution in [2.45, 2.75) is 6.54 Å². The van der Waals surface area contributed by atoms with E-state index in [-0.39, 0.29) is 5.84 Å². The summed E-state index contributed by atoms with van der Waals surface area (Å²) in [5.41, 5.74) is 6.24. The summed E-state index contributed by atoms with van der Waals surface area (Å²) < 4.78 is 23.8. The maximum absolute atomic E-state index is 13.7. The molecular weight excluding hydrogens is 265 g/mol. The van der Waals surface area contributed by atoms with Crippen LogP contribution in [0.3, 0.4) is 0 Å². The first-order chi connectivity index (χ1) is 9.69. The zero-order valence-corrected chi connectivity index (χ0v) is 11.4. The summed E-state index contributed by atoms with van der Waals surface area (Å²) in [5.74, 6) is -0.517. The number of methoxy groups -OCH3 is 1. The summed E-state index contributed by atoms with van der Waals surface area (Å²) in [4.78, 5) is 0. The quantitative estimate of drug-likeness (QED) is 0.204. The Morgan fingerprint density at radius 3 is 2.85 bits per heavy atom. The molecule has 20 heavy (non-hydrogen) atoms. The van der Waals surface area contributed by atoms with Gasteiger partial charge in [0.15, 0.2) is 5.84 Å². The maximum atomic E-state index is 13.7. The Morgan fingerprint density at radius 1 is 1.40 bits per heavy atom. The van der Waals surface area contributed by atoms with Gasteiger partial charge in [0.1, 0.15) is 5.82 Å². The van der Waals surface area contributed by atoms with Crippen LogP contribution in [0, 0.1) is 5.82 Å². The number of hydrogen-bond donors (Lipinski definition) is 3. The monoisotopic (exact) mass is 285 g/mol. The van der Waals surface area contributed by atoms with E-state index in [4.69, 9.17) is 20.4 Å². The van der Waals surface area contributed by atoms with Gasteiger partial charge >= 0.3 is 0 Å². The summed E-state index contributed by atoms with van der Waals surface area (Å²) in [6.07, 6.45) is 0. The Balaban J connectivity index is 2.34. The van der Waals surface area contributed by atoms with E-state index < -0.39 is 5.82 Å². The van der Waals surface area contributed by atoms with Gasteiger partial charge in [-0.15, -0.1) is 0 Å². The van der Waals surface area contributed by atoms with Crippen molar-refractivity contribution in [2.75, 3.05) is 33.5 Å². The van der Waals surface area contributed by atoms with Crippen LogP contribution in [-0.2, 0) is 16.0 Å². The molecule has 0 saturated carbocycles. The molecule has 1 aromatic rings. The second kappa shape index (κ2) is 9.24. The number of nitrogens with zero attached hydrogens (tertiary/aromatic N) is 1. The highest BCUT2D eigenvalue weighted by Gasteiger charge is 2.06. The standard InChI is InChI=1S/C13H20FN3O3/c1-19-6-7-20-5-4-16-9-11-3-2-10(8-12(11)14)13(15)17-18/h2-3,8,16,18H,4-7,9H2,1H3,(H2,15,17). The fourth-order valence-corrected chi connectivity index (χ4v) is 1.52. The highest BCUT2D eigenvalue weighted by atomic mass is 19.1. The Morgan fingerprint density at radius 2 is 2.20 bits per heavy atom. The zero-order valence-electron chi connectivity index (χ0n) is 11.4. The van der Waals surface area contributed by atoms with Crippen LogP contribution < -0.4 is 11.1 Å². The molecule has 6 nitrogen and oxygen atoms in total. The van der Waals surface area contributed by atoms with Crippen molar-refractivity contribution in [1.82, 2.24) is 5.32 Å². The van der Waals surface area contributed by atoms with E-state index in [1.54, 1.807) is 19.2 Å². The smallest absolute Gasteiger partial charge is 0.170 e. The van der Waals surface area contributed by atoms with Crippen LogP contribution in [0.25, 0.3) is 0 Å². The molecule has 0 fully saturated rings. The van der Waals surface area contributed by atoms with Crippen LogP contribution in [0.15, 0.2) is 23.4 Å². The van der Waals surface area contributed by atoms with Crippen molar-refractivity contribution < 1.29 is 19.1 Å². The van der Waals surface area contributed by atoms with Gasteiger partial charge in [-0.2, -0.15) is 0 Å². The third-order valence-electron chi connectivity index (χ3n) is 2.63. The molecule has 112 valence electrons. The number of nitrogens with one attached hydrogen (secondary N) is 1. The van der Waals surface area contributed by atoms with Gasteiger partial charge in [-0.3, -0.25) is 0 Å². The molecule has 4 N–H and O–H groups in total. The lowest BCUT2D eigenvalue weighted by molar-refractivity contribution is 0.0719. The number of oxime groups is 1. The molecule has 0 heterocycles. The van der Waals surface area contributed by atoms with Crippen molar-refractivity contribution in [3.8, 4) is 0 Å². The van der Waals surface area contributed by atoms with Crippen LogP contribution in [0.2, 0.25) is 0 Å². The molecule has 0 atom stereocenters. The first-order valence-electron chi connectivity index (χ1n) is 6.22. The van der Waals surface area contributed by atoms with Crippen molar-refractivity contribution in [1.29, 1.82) is 0 Å². The second-order valence-corrected chi connectivity index (χ2v) is 4.07. The van der Waals surface area contributed by atoms with E-state index in [1.165, 1.54) is 6.07 Å². The van der Waals surface area contributed by atoms with Crippen LogP contribution in [-0.4, -0.2) is 44.5 Å². The van der Waals surface area contributed by atoms with E-state index in [0.717, 1.165) is 0 Å². The number of ether oxygens (including phenoxy) is 2. The minimum Gasteiger partial charge on any atom is -0.409 e. The van der Waals surface area contributed by atoms with Gasteiger partial charge in [0, 0.05) is 31.3 Å². The third kappa shape index (κ3) is 5.52. The predicted octanol–water partition coefficient (Wildman–Crippen LogP) is 0.673. The molecule has 0 aliphatic carbocycles. The predicted molar refractivity (Wildman–Crippen MR) is 73.3 cm³/mol. The molecule has 0 radical (unpaired) electrons. The van der Waals surface area contributed by atoms with E-state index in [9.17, 15) is 4.39 Å². The number of rotatable bonds is 9. The van der Waals surface area contributed by atoms with E-state index in [1.807, 2.05) is 0 Å². The van der Waals surface area contributed by atoms with Crippen LogP contribution in [0.1, 0.15) is 11.1 Å². The summed E-state index contributed by atoms with van der Waals surface area (Å²) in [6.45, 7) is 2.64. The lowest BCUT2D eigenvalue weighted by Gasteiger charge is -2.08. The lowest BCUT2D eigenvalue weighted by atomic mass is 10.1. The summed E-state index contributed by atoms with van der Waals surface area (Å²) >= 11 is 0. The minimum atomic E-state index is -0.401. The van der Waals surface area contributed by atoms with Crippen molar-refractivity contribution in [2.24, 2.45) is 10.9 Å². The third-order valence-corrected chi connectivity index (χ3v) is 2.63. The maximum Gasteiger partial charge on any atom is 0.170 e. The van der Waals surface area contributed by atoms with Crippen LogP contribution in [0.4, 0.5) is 4.39 Å². The summed E-state index contributed by atoms with van der Waals surface area (Å²) in [7, 11) is 1.61. The first kappa shape index (κ1) is 16.4. The molecule has 0 spiro atoms. The van der Waals surface area contributed by atoms with Crippen LogP contribution >= 0.6 is 0 Å². The van der Waals surface area contributed by atoms with Gasteiger partial charge in [-0.1, -0.05) is 17.3 Å². The van der Waals surface area contributed by atoms with Crippen molar-refractivity contribution in [3.05, 3.63) is 35.1 Å². The molecule has 0 amide bonds. The van der Waals surface area contributed by atoms with Gasteiger partial charge in [0.05, 0.1) is 19.8 Å². The zero-order chi connectivity index (χ0) is 14.8. The molecular formula is C13H20FN3O3. The summed E-state index contributed by atoms with van der Waals surface area (Å²) in [5, 5.41) is 14.4. The largest absolute Gasteiger partial charge is 0.409 e. The highest BCUT2D eigenvalue weighted by molar-refractivity contribution is 5.97. The van der Waals surface area contributed by atoms with E-state index in [0.29, 0.717) is 44.0 Å². The number of halogens is 1. The highest BCUT2D eigenvalue weighted by Crippen LogP contribution is 2.10.